The number of thiophene rings is 1. The molecule has 0 spiro atoms. The Morgan fingerprint density at radius 3 is 1.60 bits per heavy atom. The molecule has 4 nitrogen and oxygen atoms in total. The molecule has 234 valence electrons. The molecule has 0 fully saturated rings. The van der Waals surface area contributed by atoms with Crippen LogP contribution in [0.3, 0.4) is 0 Å². The first-order chi connectivity index (χ1) is 24.8. The summed E-state index contributed by atoms with van der Waals surface area (Å²) >= 11 is 3.60. The van der Waals surface area contributed by atoms with Crippen LogP contribution in [0.1, 0.15) is 0 Å². The molecule has 0 aliphatic heterocycles. The Morgan fingerprint density at radius 2 is 0.920 bits per heavy atom. The van der Waals surface area contributed by atoms with Crippen molar-refractivity contribution < 1.29 is 0 Å². The zero-order chi connectivity index (χ0) is 33.0. The average molecular weight is 675 g/mol. The van der Waals surface area contributed by atoms with Crippen molar-refractivity contribution in [3.8, 4) is 55.9 Å². The standard InChI is InChI=1S/C44H26N4S2/c1-4-13-27(14-5-1)41-46-42(28-15-6-2-7-16-28)48-43(47-41)34-24-23-32(30-19-10-11-20-31(30)34)33-21-12-22-37-40(33)35-25-36-39(26-38(35)49-37)50-44(45-36)29-17-8-3-9-18-29/h1-26H. The molecule has 50 heavy (non-hydrogen) atoms. The van der Waals surface area contributed by atoms with Crippen LogP contribution in [0.5, 0.6) is 0 Å². The molecule has 0 radical (unpaired) electrons. The quantitative estimate of drug-likeness (QED) is 0.182. The lowest BCUT2D eigenvalue weighted by molar-refractivity contribution is 1.08. The summed E-state index contributed by atoms with van der Waals surface area (Å²) in [6.45, 7) is 0. The van der Waals surface area contributed by atoms with Crippen LogP contribution in [0.4, 0.5) is 0 Å². The highest BCUT2D eigenvalue weighted by Crippen LogP contribution is 2.45. The van der Waals surface area contributed by atoms with E-state index in [1.165, 1.54) is 36.0 Å². The third-order valence-corrected chi connectivity index (χ3v) is 11.4. The molecular weight excluding hydrogens is 649 g/mol. The van der Waals surface area contributed by atoms with Gasteiger partial charge in [-0.25, -0.2) is 19.9 Å². The van der Waals surface area contributed by atoms with E-state index in [4.69, 9.17) is 19.9 Å². The van der Waals surface area contributed by atoms with Gasteiger partial charge in [-0.1, -0.05) is 133 Å². The number of thiazole rings is 1. The van der Waals surface area contributed by atoms with Crippen LogP contribution in [0.15, 0.2) is 158 Å². The summed E-state index contributed by atoms with van der Waals surface area (Å²) in [7, 11) is 0. The van der Waals surface area contributed by atoms with Gasteiger partial charge in [-0.05, 0) is 46.2 Å². The van der Waals surface area contributed by atoms with E-state index in [9.17, 15) is 0 Å². The smallest absolute Gasteiger partial charge is 0.164 e. The summed E-state index contributed by atoms with van der Waals surface area (Å²) in [5.74, 6) is 1.96. The van der Waals surface area contributed by atoms with Crippen LogP contribution in [-0.2, 0) is 0 Å². The van der Waals surface area contributed by atoms with Crippen molar-refractivity contribution in [1.29, 1.82) is 0 Å². The maximum absolute atomic E-state index is 5.08. The number of aromatic nitrogens is 4. The third-order valence-electron chi connectivity index (χ3n) is 9.18. The van der Waals surface area contributed by atoms with Crippen LogP contribution in [0, 0.1) is 0 Å². The van der Waals surface area contributed by atoms with E-state index < -0.39 is 0 Å². The molecule has 3 aromatic heterocycles. The summed E-state index contributed by atoms with van der Waals surface area (Å²) in [5, 5.41) is 5.80. The van der Waals surface area contributed by atoms with E-state index in [1.54, 1.807) is 11.3 Å². The van der Waals surface area contributed by atoms with Crippen molar-refractivity contribution >= 4 is 63.8 Å². The molecule has 0 bridgehead atoms. The molecule has 0 saturated carbocycles. The second-order valence-electron chi connectivity index (χ2n) is 12.2. The first-order valence-electron chi connectivity index (χ1n) is 16.5. The summed E-state index contributed by atoms with van der Waals surface area (Å²) in [5.41, 5.74) is 7.46. The van der Waals surface area contributed by atoms with E-state index in [-0.39, 0.29) is 0 Å². The molecular formula is C44H26N4S2. The minimum atomic E-state index is 0.653. The largest absolute Gasteiger partial charge is 0.236 e. The van der Waals surface area contributed by atoms with E-state index in [1.807, 2.05) is 78.1 Å². The number of hydrogen-bond donors (Lipinski definition) is 0. The molecule has 0 saturated heterocycles. The number of hydrogen-bond acceptors (Lipinski definition) is 6. The average Bonchev–Trinajstić information content (AvgIpc) is 3.78. The van der Waals surface area contributed by atoms with E-state index in [0.717, 1.165) is 43.6 Å². The Bertz CT molecular complexity index is 2800. The lowest BCUT2D eigenvalue weighted by Crippen LogP contribution is -2.00. The fourth-order valence-corrected chi connectivity index (χ4v) is 9.05. The molecule has 0 amide bonds. The normalized spacial score (nSPS) is 11.6. The van der Waals surface area contributed by atoms with Crippen LogP contribution in [0.25, 0.3) is 97.0 Å². The van der Waals surface area contributed by atoms with Crippen molar-refractivity contribution in [3.63, 3.8) is 0 Å². The second-order valence-corrected chi connectivity index (χ2v) is 14.3. The monoisotopic (exact) mass is 674 g/mol. The molecule has 7 aromatic carbocycles. The summed E-state index contributed by atoms with van der Waals surface area (Å²) in [6.07, 6.45) is 0. The van der Waals surface area contributed by atoms with Gasteiger partial charge in [0, 0.05) is 42.4 Å². The lowest BCUT2D eigenvalue weighted by Gasteiger charge is -2.14. The van der Waals surface area contributed by atoms with Gasteiger partial charge in [0.1, 0.15) is 5.01 Å². The number of nitrogens with zero attached hydrogens (tertiary/aromatic N) is 4. The number of fused-ring (bicyclic) bond motifs is 5. The van der Waals surface area contributed by atoms with Crippen LogP contribution in [-0.4, -0.2) is 19.9 Å². The number of benzene rings is 7. The van der Waals surface area contributed by atoms with Crippen molar-refractivity contribution in [2.75, 3.05) is 0 Å². The van der Waals surface area contributed by atoms with Crippen molar-refractivity contribution in [3.05, 3.63) is 158 Å². The maximum Gasteiger partial charge on any atom is 0.164 e. The minimum absolute atomic E-state index is 0.653. The summed E-state index contributed by atoms with van der Waals surface area (Å²) in [4.78, 5) is 20.1. The van der Waals surface area contributed by atoms with Gasteiger partial charge in [-0.2, -0.15) is 0 Å². The van der Waals surface area contributed by atoms with Gasteiger partial charge >= 0.3 is 0 Å². The van der Waals surface area contributed by atoms with Gasteiger partial charge in [0.15, 0.2) is 17.5 Å². The molecule has 0 aliphatic rings. The second kappa shape index (κ2) is 11.8. The zero-order valence-electron chi connectivity index (χ0n) is 26.6. The first-order valence-corrected chi connectivity index (χ1v) is 18.1. The van der Waals surface area contributed by atoms with Gasteiger partial charge in [0.2, 0.25) is 0 Å². The molecule has 10 rings (SSSR count). The van der Waals surface area contributed by atoms with E-state index >= 15 is 0 Å². The van der Waals surface area contributed by atoms with E-state index in [0.29, 0.717) is 17.5 Å². The fraction of sp³-hybridized carbons (Fsp3) is 0. The van der Waals surface area contributed by atoms with Crippen LogP contribution >= 0.6 is 22.7 Å². The number of rotatable bonds is 5. The predicted octanol–water partition coefficient (Wildman–Crippen LogP) is 12.3. The molecule has 10 aromatic rings. The SMILES string of the molecule is c1ccc(-c2nc(-c3ccccc3)nc(-c3ccc(-c4cccc5sc6cc7sc(-c8ccccc8)nc7cc6c45)c4ccccc34)n2)cc1. The zero-order valence-corrected chi connectivity index (χ0v) is 28.2. The molecule has 3 heterocycles. The highest BCUT2D eigenvalue weighted by molar-refractivity contribution is 7.26. The minimum Gasteiger partial charge on any atom is -0.236 e. The Morgan fingerprint density at radius 1 is 0.340 bits per heavy atom. The molecule has 0 aliphatic carbocycles. The van der Waals surface area contributed by atoms with Crippen molar-refractivity contribution in [2.24, 2.45) is 0 Å². The Labute approximate surface area is 296 Å². The fourth-order valence-electron chi connectivity index (χ4n) is 6.83. The van der Waals surface area contributed by atoms with Gasteiger partial charge in [0.25, 0.3) is 0 Å². The van der Waals surface area contributed by atoms with Gasteiger partial charge in [-0.15, -0.1) is 22.7 Å². The highest BCUT2D eigenvalue weighted by Gasteiger charge is 2.19. The first kappa shape index (κ1) is 28.9. The van der Waals surface area contributed by atoms with Gasteiger partial charge < -0.3 is 0 Å². The molecule has 0 N–H and O–H groups in total. The van der Waals surface area contributed by atoms with Crippen molar-refractivity contribution in [1.82, 2.24) is 19.9 Å². The molecule has 0 unspecified atom stereocenters. The van der Waals surface area contributed by atoms with Gasteiger partial charge in [-0.3, -0.25) is 0 Å². The lowest BCUT2D eigenvalue weighted by atomic mass is 9.92. The van der Waals surface area contributed by atoms with Crippen LogP contribution in [0.2, 0.25) is 0 Å². The maximum atomic E-state index is 5.08. The highest BCUT2D eigenvalue weighted by atomic mass is 32.1. The summed E-state index contributed by atoms with van der Waals surface area (Å²) in [6, 6.07) is 55.0. The molecule has 0 atom stereocenters. The van der Waals surface area contributed by atoms with Crippen LogP contribution < -0.4 is 0 Å². The van der Waals surface area contributed by atoms with E-state index in [2.05, 4.69) is 91.0 Å². The van der Waals surface area contributed by atoms with Crippen molar-refractivity contribution in [2.45, 2.75) is 0 Å². The topological polar surface area (TPSA) is 51.6 Å². The Kier molecular flexibility index (Phi) is 6.82. The Hall–Kier alpha value is -6.08. The summed E-state index contributed by atoms with van der Waals surface area (Å²) < 4.78 is 3.75. The molecule has 6 heteroatoms. The Balaban J connectivity index is 1.16. The van der Waals surface area contributed by atoms with Gasteiger partial charge in [0.05, 0.1) is 10.2 Å². The third kappa shape index (κ3) is 4.88. The predicted molar refractivity (Wildman–Crippen MR) is 211 cm³/mol.